The summed E-state index contributed by atoms with van der Waals surface area (Å²) >= 11 is 0. The zero-order valence-electron chi connectivity index (χ0n) is 28.2. The zero-order valence-corrected chi connectivity index (χ0v) is 28.2. The Kier molecular flexibility index (Phi) is 24.4. The highest BCUT2D eigenvalue weighted by atomic mass is 16.5. The Hall–Kier alpha value is -1.78. The molecule has 0 amide bonds. The standard InChI is InChI=1S/C37H68O5/c1-5-9-13-17-18-19-20-24-28-32-33(38)34(39)36(41-30-26-22-15-11-7-3)37(42-31-27-23-16-12-8-4)35(32)40-29-25-21-14-10-6-2/h38-39H,5-31H2,1-4H3. The molecular formula is C37H68O5. The van der Waals surface area contributed by atoms with E-state index in [1.165, 1.54) is 96.3 Å². The van der Waals surface area contributed by atoms with Gasteiger partial charge in [-0.05, 0) is 32.1 Å². The molecule has 42 heavy (non-hydrogen) atoms. The van der Waals surface area contributed by atoms with E-state index in [0.717, 1.165) is 51.4 Å². The van der Waals surface area contributed by atoms with Crippen molar-refractivity contribution in [3.63, 3.8) is 0 Å². The van der Waals surface area contributed by atoms with Crippen LogP contribution >= 0.6 is 0 Å². The second kappa shape index (κ2) is 26.8. The summed E-state index contributed by atoms with van der Waals surface area (Å²) in [4.78, 5) is 0. The number of phenols is 2. The molecule has 0 fully saturated rings. The number of benzene rings is 1. The summed E-state index contributed by atoms with van der Waals surface area (Å²) in [7, 11) is 0. The van der Waals surface area contributed by atoms with Crippen LogP contribution in [0, 0.1) is 0 Å². The molecule has 5 heteroatoms. The van der Waals surface area contributed by atoms with Crippen molar-refractivity contribution in [2.45, 2.75) is 182 Å². The van der Waals surface area contributed by atoms with Gasteiger partial charge in [-0.25, -0.2) is 0 Å². The van der Waals surface area contributed by atoms with Crippen molar-refractivity contribution in [2.24, 2.45) is 0 Å². The van der Waals surface area contributed by atoms with Crippen LogP contribution in [0.2, 0.25) is 0 Å². The van der Waals surface area contributed by atoms with E-state index in [2.05, 4.69) is 27.7 Å². The van der Waals surface area contributed by atoms with E-state index in [1.54, 1.807) is 0 Å². The van der Waals surface area contributed by atoms with Gasteiger partial charge in [0, 0.05) is 5.56 Å². The number of rotatable bonds is 30. The van der Waals surface area contributed by atoms with Crippen molar-refractivity contribution in [2.75, 3.05) is 19.8 Å². The molecule has 0 unspecified atom stereocenters. The molecule has 2 N–H and O–H groups in total. The maximum absolute atomic E-state index is 11.2. The lowest BCUT2D eigenvalue weighted by Crippen LogP contribution is -2.09. The fourth-order valence-electron chi connectivity index (χ4n) is 5.43. The molecule has 1 aromatic carbocycles. The Bertz CT molecular complexity index is 763. The molecule has 0 aliphatic carbocycles. The van der Waals surface area contributed by atoms with E-state index in [0.29, 0.717) is 43.3 Å². The van der Waals surface area contributed by atoms with E-state index >= 15 is 0 Å². The molecule has 0 aromatic heterocycles. The molecule has 1 aromatic rings. The SMILES string of the molecule is CCCCCCCCCCc1c(O)c(O)c(OCCCCCCC)c(OCCCCCCC)c1OCCCCCCC. The minimum absolute atomic E-state index is 0.102. The Morgan fingerprint density at radius 1 is 0.357 bits per heavy atom. The zero-order chi connectivity index (χ0) is 30.7. The lowest BCUT2D eigenvalue weighted by atomic mass is 10.0. The highest BCUT2D eigenvalue weighted by Crippen LogP contribution is 2.53. The Morgan fingerprint density at radius 3 is 1.12 bits per heavy atom. The summed E-state index contributed by atoms with van der Waals surface area (Å²) in [5, 5.41) is 22.4. The van der Waals surface area contributed by atoms with Gasteiger partial charge >= 0.3 is 0 Å². The summed E-state index contributed by atoms with van der Waals surface area (Å²) in [6.45, 7) is 10.5. The molecule has 1 rings (SSSR count). The van der Waals surface area contributed by atoms with Crippen LogP contribution in [0.5, 0.6) is 28.7 Å². The van der Waals surface area contributed by atoms with Crippen LogP contribution in [-0.2, 0) is 6.42 Å². The van der Waals surface area contributed by atoms with Crippen LogP contribution in [0.15, 0.2) is 0 Å². The van der Waals surface area contributed by atoms with Crippen molar-refractivity contribution in [1.29, 1.82) is 0 Å². The van der Waals surface area contributed by atoms with Gasteiger partial charge < -0.3 is 24.4 Å². The number of unbranched alkanes of at least 4 members (excludes halogenated alkanes) is 19. The van der Waals surface area contributed by atoms with Gasteiger partial charge in [0.1, 0.15) is 0 Å². The quantitative estimate of drug-likeness (QED) is 0.0687. The summed E-state index contributed by atoms with van der Waals surface area (Å²) in [5.74, 6) is 1.01. The Labute approximate surface area is 260 Å². The van der Waals surface area contributed by atoms with E-state index in [-0.39, 0.29) is 17.2 Å². The molecule has 0 aliphatic rings. The van der Waals surface area contributed by atoms with E-state index in [9.17, 15) is 10.2 Å². The third kappa shape index (κ3) is 16.8. The fraction of sp³-hybridized carbons (Fsp3) is 0.838. The van der Waals surface area contributed by atoms with Gasteiger partial charge in [0.05, 0.1) is 19.8 Å². The van der Waals surface area contributed by atoms with Crippen molar-refractivity contribution in [1.82, 2.24) is 0 Å². The summed E-state index contributed by atoms with van der Waals surface area (Å²) in [6.07, 6.45) is 27.4. The highest BCUT2D eigenvalue weighted by molar-refractivity contribution is 5.69. The van der Waals surface area contributed by atoms with E-state index in [1.807, 2.05) is 0 Å². The number of phenolic OH excluding ortho intramolecular Hbond substituents is 2. The molecule has 0 atom stereocenters. The molecule has 0 spiro atoms. The van der Waals surface area contributed by atoms with Gasteiger partial charge in [0.25, 0.3) is 0 Å². The largest absolute Gasteiger partial charge is 0.504 e. The predicted octanol–water partition coefficient (Wildman–Crippen LogP) is 11.8. The van der Waals surface area contributed by atoms with Crippen molar-refractivity contribution in [3.05, 3.63) is 5.56 Å². The molecule has 0 heterocycles. The number of ether oxygens (including phenoxy) is 3. The first kappa shape index (κ1) is 38.2. The predicted molar refractivity (Wildman–Crippen MR) is 179 cm³/mol. The lowest BCUT2D eigenvalue weighted by molar-refractivity contribution is 0.222. The van der Waals surface area contributed by atoms with Gasteiger partial charge in [-0.15, -0.1) is 0 Å². The molecule has 246 valence electrons. The van der Waals surface area contributed by atoms with Gasteiger partial charge in [-0.2, -0.15) is 0 Å². The summed E-state index contributed by atoms with van der Waals surface area (Å²) in [6, 6.07) is 0. The molecular weight excluding hydrogens is 524 g/mol. The average Bonchev–Trinajstić information content (AvgIpc) is 2.99. The Balaban J connectivity index is 3.10. The van der Waals surface area contributed by atoms with Gasteiger partial charge in [-0.3, -0.25) is 0 Å². The molecule has 0 radical (unpaired) electrons. The van der Waals surface area contributed by atoms with Crippen LogP contribution in [0.3, 0.4) is 0 Å². The second-order valence-electron chi connectivity index (χ2n) is 12.2. The van der Waals surface area contributed by atoms with Gasteiger partial charge in [0.2, 0.25) is 17.2 Å². The monoisotopic (exact) mass is 593 g/mol. The summed E-state index contributed by atoms with van der Waals surface area (Å²) < 4.78 is 19.0. The third-order valence-corrected chi connectivity index (χ3v) is 8.17. The van der Waals surface area contributed by atoms with Crippen molar-refractivity contribution >= 4 is 0 Å². The first-order valence-electron chi connectivity index (χ1n) is 18.1. The maximum atomic E-state index is 11.2. The van der Waals surface area contributed by atoms with Crippen LogP contribution in [-0.4, -0.2) is 30.0 Å². The minimum Gasteiger partial charge on any atom is -0.504 e. The van der Waals surface area contributed by atoms with Crippen molar-refractivity contribution < 1.29 is 24.4 Å². The number of hydrogen-bond acceptors (Lipinski definition) is 5. The van der Waals surface area contributed by atoms with E-state index in [4.69, 9.17) is 14.2 Å². The minimum atomic E-state index is -0.200. The molecule has 0 bridgehead atoms. The molecule has 0 aliphatic heterocycles. The number of aromatic hydroxyl groups is 2. The summed E-state index contributed by atoms with van der Waals surface area (Å²) in [5.41, 5.74) is 0.670. The molecule has 0 saturated heterocycles. The van der Waals surface area contributed by atoms with Crippen LogP contribution in [0.1, 0.15) is 181 Å². The van der Waals surface area contributed by atoms with Crippen molar-refractivity contribution in [3.8, 4) is 28.7 Å². The second-order valence-corrected chi connectivity index (χ2v) is 12.2. The molecule has 5 nitrogen and oxygen atoms in total. The first-order valence-corrected chi connectivity index (χ1v) is 18.1. The van der Waals surface area contributed by atoms with E-state index < -0.39 is 0 Å². The topological polar surface area (TPSA) is 68.2 Å². The fourth-order valence-corrected chi connectivity index (χ4v) is 5.43. The average molecular weight is 593 g/mol. The van der Waals surface area contributed by atoms with Gasteiger partial charge in [-0.1, -0.05) is 150 Å². The maximum Gasteiger partial charge on any atom is 0.211 e. The Morgan fingerprint density at radius 2 is 0.690 bits per heavy atom. The normalized spacial score (nSPS) is 11.2. The molecule has 0 saturated carbocycles. The third-order valence-electron chi connectivity index (χ3n) is 8.17. The first-order chi connectivity index (χ1) is 20.6. The van der Waals surface area contributed by atoms with Crippen LogP contribution in [0.4, 0.5) is 0 Å². The lowest BCUT2D eigenvalue weighted by Gasteiger charge is -2.22. The van der Waals surface area contributed by atoms with Crippen LogP contribution in [0.25, 0.3) is 0 Å². The van der Waals surface area contributed by atoms with Crippen LogP contribution < -0.4 is 14.2 Å². The van der Waals surface area contributed by atoms with Gasteiger partial charge in [0.15, 0.2) is 11.5 Å². The smallest absolute Gasteiger partial charge is 0.211 e. The number of hydrogen-bond donors (Lipinski definition) is 2. The highest BCUT2D eigenvalue weighted by Gasteiger charge is 2.27.